The summed E-state index contributed by atoms with van der Waals surface area (Å²) >= 11 is 0. The molecule has 0 spiro atoms. The molecular weight excluding hydrogens is 260 g/mol. The third-order valence-electron chi connectivity index (χ3n) is 3.65. The normalized spacial score (nSPS) is 12.5. The van der Waals surface area contributed by atoms with Gasteiger partial charge in [0.05, 0.1) is 6.20 Å². The predicted molar refractivity (Wildman–Crippen MR) is 86.2 cm³/mol. The van der Waals surface area contributed by atoms with E-state index in [9.17, 15) is 0 Å². The maximum absolute atomic E-state index is 4.41. The Morgan fingerprint density at radius 1 is 1.29 bits per heavy atom. The molecule has 4 heteroatoms. The molecule has 4 nitrogen and oxygen atoms in total. The molecule has 0 aromatic carbocycles. The Hall–Kier alpha value is -1.68. The van der Waals surface area contributed by atoms with E-state index in [2.05, 4.69) is 47.6 Å². The summed E-state index contributed by atoms with van der Waals surface area (Å²) in [5.74, 6) is 0. The van der Waals surface area contributed by atoms with Crippen LogP contribution in [0.3, 0.4) is 0 Å². The van der Waals surface area contributed by atoms with E-state index < -0.39 is 0 Å². The molecule has 0 aliphatic carbocycles. The molecule has 2 rings (SSSR count). The molecule has 0 fully saturated rings. The first-order valence-electron chi connectivity index (χ1n) is 7.96. The summed E-state index contributed by atoms with van der Waals surface area (Å²) in [6.45, 7) is 6.32. The largest absolute Gasteiger partial charge is 0.314 e. The standard InChI is InChI=1S/C17H26N4/c1-3-10-18-17(9-8-16-7-5-6-11-19-16)12-15-13-20-21(4-2)14-15/h5-7,11,13-14,17-18H,3-4,8-10,12H2,1-2H3. The van der Waals surface area contributed by atoms with Crippen LogP contribution in [-0.2, 0) is 19.4 Å². The highest BCUT2D eigenvalue weighted by molar-refractivity contribution is 5.08. The molecule has 0 saturated carbocycles. The smallest absolute Gasteiger partial charge is 0.0522 e. The molecule has 114 valence electrons. The molecule has 2 aromatic heterocycles. The predicted octanol–water partition coefficient (Wildman–Crippen LogP) is 2.84. The van der Waals surface area contributed by atoms with E-state index in [4.69, 9.17) is 0 Å². The minimum absolute atomic E-state index is 0.487. The Bertz CT molecular complexity index is 507. The minimum atomic E-state index is 0.487. The molecule has 0 aliphatic rings. The fourth-order valence-electron chi connectivity index (χ4n) is 2.46. The van der Waals surface area contributed by atoms with Gasteiger partial charge in [0.1, 0.15) is 0 Å². The Kier molecular flexibility index (Phi) is 6.41. The first kappa shape index (κ1) is 15.7. The van der Waals surface area contributed by atoms with Crippen molar-refractivity contribution in [3.8, 4) is 0 Å². The molecule has 0 amide bonds. The lowest BCUT2D eigenvalue weighted by atomic mass is 10.0. The average molecular weight is 286 g/mol. The monoisotopic (exact) mass is 286 g/mol. The molecule has 2 aromatic rings. The molecule has 21 heavy (non-hydrogen) atoms. The van der Waals surface area contributed by atoms with Gasteiger partial charge in [0.15, 0.2) is 0 Å². The number of nitrogens with zero attached hydrogens (tertiary/aromatic N) is 3. The zero-order valence-corrected chi connectivity index (χ0v) is 13.1. The van der Waals surface area contributed by atoms with Crippen molar-refractivity contribution in [3.05, 3.63) is 48.0 Å². The van der Waals surface area contributed by atoms with E-state index in [-0.39, 0.29) is 0 Å². The number of aromatic nitrogens is 3. The Morgan fingerprint density at radius 3 is 2.86 bits per heavy atom. The molecule has 0 radical (unpaired) electrons. The summed E-state index contributed by atoms with van der Waals surface area (Å²) in [6, 6.07) is 6.62. The zero-order valence-electron chi connectivity index (χ0n) is 13.1. The lowest BCUT2D eigenvalue weighted by molar-refractivity contribution is 0.475. The highest BCUT2D eigenvalue weighted by Crippen LogP contribution is 2.09. The van der Waals surface area contributed by atoms with Gasteiger partial charge >= 0.3 is 0 Å². The second-order valence-corrected chi connectivity index (χ2v) is 5.42. The van der Waals surface area contributed by atoms with Crippen molar-refractivity contribution in [2.75, 3.05) is 6.54 Å². The van der Waals surface area contributed by atoms with Crippen molar-refractivity contribution < 1.29 is 0 Å². The van der Waals surface area contributed by atoms with Gasteiger partial charge < -0.3 is 5.32 Å². The van der Waals surface area contributed by atoms with E-state index in [1.807, 2.05) is 23.1 Å². The van der Waals surface area contributed by atoms with Gasteiger partial charge in [0.2, 0.25) is 0 Å². The van der Waals surface area contributed by atoms with Crippen LogP contribution in [0.2, 0.25) is 0 Å². The second kappa shape index (κ2) is 8.57. The zero-order chi connectivity index (χ0) is 14.9. The summed E-state index contributed by atoms with van der Waals surface area (Å²) in [4.78, 5) is 4.41. The fraction of sp³-hybridized carbons (Fsp3) is 0.529. The second-order valence-electron chi connectivity index (χ2n) is 5.42. The van der Waals surface area contributed by atoms with E-state index in [1.165, 1.54) is 11.3 Å². The van der Waals surface area contributed by atoms with Crippen molar-refractivity contribution >= 4 is 0 Å². The highest BCUT2D eigenvalue weighted by Gasteiger charge is 2.11. The van der Waals surface area contributed by atoms with Crippen LogP contribution >= 0.6 is 0 Å². The minimum Gasteiger partial charge on any atom is -0.314 e. The number of hydrogen-bond acceptors (Lipinski definition) is 3. The van der Waals surface area contributed by atoms with Crippen molar-refractivity contribution in [3.63, 3.8) is 0 Å². The van der Waals surface area contributed by atoms with Gasteiger partial charge in [0.25, 0.3) is 0 Å². The van der Waals surface area contributed by atoms with E-state index in [0.717, 1.165) is 38.8 Å². The lowest BCUT2D eigenvalue weighted by Crippen LogP contribution is -2.32. The van der Waals surface area contributed by atoms with Crippen LogP contribution in [0, 0.1) is 0 Å². The van der Waals surface area contributed by atoms with Crippen LogP contribution in [0.4, 0.5) is 0 Å². The number of rotatable bonds is 9. The molecule has 0 aliphatic heterocycles. The lowest BCUT2D eigenvalue weighted by Gasteiger charge is -2.17. The van der Waals surface area contributed by atoms with Crippen molar-refractivity contribution in [1.82, 2.24) is 20.1 Å². The number of hydrogen-bond donors (Lipinski definition) is 1. The molecule has 0 saturated heterocycles. The van der Waals surface area contributed by atoms with Gasteiger partial charge in [-0.3, -0.25) is 9.67 Å². The van der Waals surface area contributed by atoms with Crippen molar-refractivity contribution in [2.24, 2.45) is 0 Å². The van der Waals surface area contributed by atoms with Gasteiger partial charge in [-0.15, -0.1) is 0 Å². The first-order chi connectivity index (χ1) is 10.3. The molecule has 2 heterocycles. The summed E-state index contributed by atoms with van der Waals surface area (Å²) < 4.78 is 1.99. The number of pyridine rings is 1. The Morgan fingerprint density at radius 2 is 2.19 bits per heavy atom. The summed E-state index contributed by atoms with van der Waals surface area (Å²) in [5, 5.41) is 8.01. The Balaban J connectivity index is 1.90. The Labute approximate surface area is 127 Å². The van der Waals surface area contributed by atoms with E-state index >= 15 is 0 Å². The number of aryl methyl sites for hydroxylation is 2. The van der Waals surface area contributed by atoms with Crippen molar-refractivity contribution in [2.45, 2.75) is 52.1 Å². The van der Waals surface area contributed by atoms with Gasteiger partial charge in [-0.1, -0.05) is 13.0 Å². The summed E-state index contributed by atoms with van der Waals surface area (Å²) in [6.07, 6.45) is 10.3. The van der Waals surface area contributed by atoms with Gasteiger partial charge in [-0.05, 0) is 56.8 Å². The highest BCUT2D eigenvalue weighted by atomic mass is 15.3. The van der Waals surface area contributed by atoms with Crippen LogP contribution in [0.25, 0.3) is 0 Å². The average Bonchev–Trinajstić information content (AvgIpc) is 2.98. The van der Waals surface area contributed by atoms with Crippen LogP contribution in [0.15, 0.2) is 36.8 Å². The van der Waals surface area contributed by atoms with Crippen LogP contribution in [0.1, 0.15) is 37.9 Å². The topological polar surface area (TPSA) is 42.7 Å². The maximum Gasteiger partial charge on any atom is 0.0522 e. The molecule has 1 N–H and O–H groups in total. The quantitative estimate of drug-likeness (QED) is 0.771. The van der Waals surface area contributed by atoms with E-state index in [0.29, 0.717) is 6.04 Å². The number of nitrogens with one attached hydrogen (secondary N) is 1. The van der Waals surface area contributed by atoms with Gasteiger partial charge in [0, 0.05) is 30.7 Å². The fourth-order valence-corrected chi connectivity index (χ4v) is 2.46. The van der Waals surface area contributed by atoms with Crippen LogP contribution < -0.4 is 5.32 Å². The van der Waals surface area contributed by atoms with Gasteiger partial charge in [-0.2, -0.15) is 5.10 Å². The molecular formula is C17H26N4. The van der Waals surface area contributed by atoms with Gasteiger partial charge in [-0.25, -0.2) is 0 Å². The summed E-state index contributed by atoms with van der Waals surface area (Å²) in [7, 11) is 0. The SMILES string of the molecule is CCCNC(CCc1ccccn1)Cc1cnn(CC)c1. The van der Waals surface area contributed by atoms with Crippen LogP contribution in [0.5, 0.6) is 0 Å². The molecule has 0 bridgehead atoms. The third kappa shape index (κ3) is 5.31. The molecule has 1 atom stereocenters. The van der Waals surface area contributed by atoms with Crippen LogP contribution in [-0.4, -0.2) is 27.4 Å². The van der Waals surface area contributed by atoms with E-state index in [1.54, 1.807) is 0 Å². The third-order valence-corrected chi connectivity index (χ3v) is 3.65. The molecule has 1 unspecified atom stereocenters. The maximum atomic E-state index is 4.41. The first-order valence-corrected chi connectivity index (χ1v) is 7.96. The van der Waals surface area contributed by atoms with Crippen molar-refractivity contribution in [1.29, 1.82) is 0 Å². The summed E-state index contributed by atoms with van der Waals surface area (Å²) in [5.41, 5.74) is 2.48.